The van der Waals surface area contributed by atoms with Crippen LogP contribution in [0.15, 0.2) is 39.2 Å². The zero-order valence-corrected chi connectivity index (χ0v) is 12.1. The van der Waals surface area contributed by atoms with E-state index in [9.17, 15) is 19.8 Å². The Kier molecular flexibility index (Phi) is 4.48. The molecule has 7 nitrogen and oxygen atoms in total. The average molecular weight is 312 g/mol. The van der Waals surface area contributed by atoms with Crippen molar-refractivity contribution < 1.29 is 19.3 Å². The van der Waals surface area contributed by atoms with Gasteiger partial charge in [0.1, 0.15) is 12.2 Å². The van der Waals surface area contributed by atoms with Crippen LogP contribution in [0.25, 0.3) is 0 Å². The Morgan fingerprint density at radius 3 is 2.82 bits per heavy atom. The van der Waals surface area contributed by atoms with Gasteiger partial charge in [-0.2, -0.15) is 0 Å². The van der Waals surface area contributed by atoms with E-state index >= 15 is 4.39 Å². The van der Waals surface area contributed by atoms with Crippen molar-refractivity contribution in [3.05, 3.63) is 50.5 Å². The lowest BCUT2D eigenvalue weighted by Gasteiger charge is -2.25. The van der Waals surface area contributed by atoms with Crippen molar-refractivity contribution in [2.24, 2.45) is 0 Å². The van der Waals surface area contributed by atoms with E-state index in [4.69, 9.17) is 4.74 Å². The summed E-state index contributed by atoms with van der Waals surface area (Å²) < 4.78 is 21.4. The van der Waals surface area contributed by atoms with Gasteiger partial charge in [0.2, 0.25) is 5.67 Å². The van der Waals surface area contributed by atoms with Gasteiger partial charge in [0.15, 0.2) is 6.23 Å². The first-order chi connectivity index (χ1) is 10.3. The standard InChI is InChI=1S/C14H17FN2O5/c1-8(2)3-5-14(15)11(20)9(7-18)22-12(14)17-6-4-10(19)16-13(17)21/h4-6,9,11-12,18,20H,7H2,1-2H3,(H,16,19,21)/t9-,11-,12-,14+/m1/s1. The molecule has 1 aromatic heterocycles. The van der Waals surface area contributed by atoms with Gasteiger partial charge < -0.3 is 14.9 Å². The molecule has 0 aromatic carbocycles. The zero-order valence-electron chi connectivity index (χ0n) is 12.1. The Labute approximate surface area is 125 Å². The molecule has 8 heteroatoms. The molecule has 0 radical (unpaired) electrons. The lowest BCUT2D eigenvalue weighted by atomic mass is 9.95. The Morgan fingerprint density at radius 1 is 1.59 bits per heavy atom. The molecule has 2 rings (SSSR count). The summed E-state index contributed by atoms with van der Waals surface area (Å²) in [7, 11) is 0. The van der Waals surface area contributed by atoms with Crippen LogP contribution in [-0.2, 0) is 4.74 Å². The molecule has 0 aliphatic carbocycles. The quantitative estimate of drug-likeness (QED) is 0.660. The normalized spacial score (nSPS) is 30.9. The van der Waals surface area contributed by atoms with Crippen LogP contribution in [0.5, 0.6) is 0 Å². The molecular formula is C14H17FN2O5. The van der Waals surface area contributed by atoms with Crippen LogP contribution in [-0.4, -0.2) is 44.2 Å². The maximum Gasteiger partial charge on any atom is 0.330 e. The van der Waals surface area contributed by atoms with Gasteiger partial charge in [0, 0.05) is 18.3 Å². The monoisotopic (exact) mass is 312 g/mol. The van der Waals surface area contributed by atoms with E-state index in [1.807, 2.05) is 4.98 Å². The van der Waals surface area contributed by atoms with Crippen molar-refractivity contribution >= 4 is 0 Å². The molecule has 0 amide bonds. The summed E-state index contributed by atoms with van der Waals surface area (Å²) in [5.41, 5.74) is -0.697. The molecule has 1 saturated heterocycles. The van der Waals surface area contributed by atoms with E-state index in [2.05, 4.69) is 5.73 Å². The van der Waals surface area contributed by atoms with Gasteiger partial charge >= 0.3 is 5.69 Å². The number of alkyl halides is 1. The number of aliphatic hydroxyl groups is 2. The van der Waals surface area contributed by atoms with Crippen LogP contribution in [0.3, 0.4) is 0 Å². The molecule has 1 aliphatic heterocycles. The fraction of sp³-hybridized carbons (Fsp3) is 0.500. The van der Waals surface area contributed by atoms with Crippen molar-refractivity contribution in [1.82, 2.24) is 9.55 Å². The Hall–Kier alpha value is -1.99. The Balaban J connectivity index is 2.58. The van der Waals surface area contributed by atoms with Gasteiger partial charge in [-0.15, -0.1) is 5.73 Å². The number of aromatic amines is 1. The van der Waals surface area contributed by atoms with Crippen molar-refractivity contribution in [3.8, 4) is 0 Å². The minimum absolute atomic E-state index is 0.621. The first-order valence-electron chi connectivity index (χ1n) is 6.65. The third-order valence-electron chi connectivity index (χ3n) is 3.35. The lowest BCUT2D eigenvalue weighted by Crippen LogP contribution is -2.44. The molecule has 0 saturated carbocycles. The second-order valence-corrected chi connectivity index (χ2v) is 5.29. The number of rotatable bonds is 3. The summed E-state index contributed by atoms with van der Waals surface area (Å²) >= 11 is 0. The number of ether oxygens (including phenoxy) is 1. The molecule has 120 valence electrons. The number of hydrogen-bond donors (Lipinski definition) is 3. The minimum atomic E-state index is -2.48. The largest absolute Gasteiger partial charge is 0.394 e. The molecule has 2 heterocycles. The van der Waals surface area contributed by atoms with Crippen LogP contribution in [0.2, 0.25) is 0 Å². The lowest BCUT2D eigenvalue weighted by molar-refractivity contribution is -0.0555. The van der Waals surface area contributed by atoms with Gasteiger partial charge in [-0.3, -0.25) is 14.3 Å². The smallest absolute Gasteiger partial charge is 0.330 e. The highest BCUT2D eigenvalue weighted by atomic mass is 19.1. The third kappa shape index (κ3) is 2.82. The molecule has 4 atom stereocenters. The fourth-order valence-corrected chi connectivity index (χ4v) is 2.22. The van der Waals surface area contributed by atoms with E-state index in [0.29, 0.717) is 5.57 Å². The van der Waals surface area contributed by atoms with E-state index in [1.54, 1.807) is 13.8 Å². The van der Waals surface area contributed by atoms with E-state index in [1.165, 1.54) is 0 Å². The second kappa shape index (κ2) is 6.02. The number of aromatic nitrogens is 2. The number of nitrogens with zero attached hydrogens (tertiary/aromatic N) is 1. The van der Waals surface area contributed by atoms with Gasteiger partial charge in [-0.1, -0.05) is 0 Å². The molecular weight excluding hydrogens is 295 g/mol. The highest BCUT2D eigenvalue weighted by Gasteiger charge is 2.57. The van der Waals surface area contributed by atoms with Crippen LogP contribution in [0, 0.1) is 0 Å². The molecule has 1 fully saturated rings. The predicted molar refractivity (Wildman–Crippen MR) is 75.1 cm³/mol. The van der Waals surface area contributed by atoms with E-state index in [-0.39, 0.29) is 0 Å². The molecule has 22 heavy (non-hydrogen) atoms. The van der Waals surface area contributed by atoms with Crippen molar-refractivity contribution in [2.45, 2.75) is 38.0 Å². The van der Waals surface area contributed by atoms with E-state index < -0.39 is 42.0 Å². The molecule has 0 spiro atoms. The van der Waals surface area contributed by atoms with Crippen LogP contribution in [0.1, 0.15) is 20.1 Å². The number of halogens is 1. The predicted octanol–water partition coefficient (Wildman–Crippen LogP) is -0.383. The molecule has 1 aromatic rings. The number of hydrogen-bond acceptors (Lipinski definition) is 5. The van der Waals surface area contributed by atoms with Gasteiger partial charge in [-0.25, -0.2) is 9.18 Å². The highest BCUT2D eigenvalue weighted by Crippen LogP contribution is 2.41. The highest BCUT2D eigenvalue weighted by molar-refractivity contribution is 5.16. The minimum Gasteiger partial charge on any atom is -0.394 e. The SMILES string of the molecule is CC(C)=C=C[C@]1(F)[C@H](O)[C@@H](CO)O[C@H]1n1ccc(=O)[nH]c1=O. The maximum atomic E-state index is 15.3. The van der Waals surface area contributed by atoms with Crippen molar-refractivity contribution in [3.63, 3.8) is 0 Å². The third-order valence-corrected chi connectivity index (χ3v) is 3.35. The fourth-order valence-electron chi connectivity index (χ4n) is 2.22. The van der Waals surface area contributed by atoms with Gasteiger partial charge in [0.25, 0.3) is 5.56 Å². The van der Waals surface area contributed by atoms with Gasteiger partial charge in [0.05, 0.1) is 6.61 Å². The van der Waals surface area contributed by atoms with Crippen molar-refractivity contribution in [2.75, 3.05) is 6.61 Å². The second-order valence-electron chi connectivity index (χ2n) is 5.29. The zero-order chi connectivity index (χ0) is 16.5. The maximum absolute atomic E-state index is 15.3. The summed E-state index contributed by atoms with van der Waals surface area (Å²) in [5, 5.41) is 19.3. The Morgan fingerprint density at radius 2 is 2.27 bits per heavy atom. The summed E-state index contributed by atoms with van der Waals surface area (Å²) in [5.74, 6) is 0. The van der Waals surface area contributed by atoms with Crippen molar-refractivity contribution in [1.29, 1.82) is 0 Å². The molecule has 3 N–H and O–H groups in total. The number of nitrogens with one attached hydrogen (secondary N) is 1. The first kappa shape index (κ1) is 16.4. The van der Waals surface area contributed by atoms with Crippen LogP contribution in [0.4, 0.5) is 4.39 Å². The topological polar surface area (TPSA) is 105 Å². The Bertz CT molecular complexity index is 729. The first-order valence-corrected chi connectivity index (χ1v) is 6.65. The number of aliphatic hydroxyl groups excluding tert-OH is 2. The number of H-pyrrole nitrogens is 1. The summed E-state index contributed by atoms with van der Waals surface area (Å²) in [6, 6.07) is 1.04. The van der Waals surface area contributed by atoms with Gasteiger partial charge in [-0.05, 0) is 19.4 Å². The van der Waals surface area contributed by atoms with E-state index in [0.717, 1.165) is 22.9 Å². The van der Waals surface area contributed by atoms with Crippen LogP contribution < -0.4 is 11.2 Å². The van der Waals surface area contributed by atoms with Crippen LogP contribution >= 0.6 is 0 Å². The molecule has 1 aliphatic rings. The molecule has 0 bridgehead atoms. The summed E-state index contributed by atoms with van der Waals surface area (Å²) in [6.45, 7) is 2.75. The summed E-state index contributed by atoms with van der Waals surface area (Å²) in [4.78, 5) is 24.9. The average Bonchev–Trinajstić information content (AvgIpc) is 2.70. The summed E-state index contributed by atoms with van der Waals surface area (Å²) in [6.07, 6.45) is -2.37. The molecule has 0 unspecified atom stereocenters.